The van der Waals surface area contributed by atoms with Gasteiger partial charge in [-0.1, -0.05) is 37.0 Å². The zero-order chi connectivity index (χ0) is 14.7. The number of nitrogens with zero attached hydrogens (tertiary/aromatic N) is 1. The van der Waals surface area contributed by atoms with E-state index in [0.717, 1.165) is 5.92 Å². The maximum Gasteiger partial charge on any atom is 0.0399 e. The molecule has 0 spiro atoms. The number of benzene rings is 1. The Balaban J connectivity index is 1.72. The van der Waals surface area contributed by atoms with Gasteiger partial charge >= 0.3 is 0 Å². The van der Waals surface area contributed by atoms with E-state index in [2.05, 4.69) is 42.4 Å². The van der Waals surface area contributed by atoms with Crippen LogP contribution in [0.1, 0.15) is 49.7 Å². The Morgan fingerprint density at radius 2 is 2.00 bits per heavy atom. The molecule has 116 valence electrons. The monoisotopic (exact) mass is 286 g/mol. The third kappa shape index (κ3) is 3.42. The van der Waals surface area contributed by atoms with E-state index in [4.69, 9.17) is 0 Å². The van der Waals surface area contributed by atoms with Crippen LogP contribution in [0.4, 0.5) is 5.69 Å². The third-order valence-electron chi connectivity index (χ3n) is 5.46. The Hall–Kier alpha value is -1.02. The Kier molecular flexibility index (Phi) is 4.84. The average molecular weight is 286 g/mol. The fourth-order valence-electron chi connectivity index (χ4n) is 4.24. The maximum absolute atomic E-state index is 3.62. The van der Waals surface area contributed by atoms with E-state index >= 15 is 0 Å². The molecule has 1 aromatic carbocycles. The van der Waals surface area contributed by atoms with Crippen molar-refractivity contribution in [2.24, 2.45) is 5.92 Å². The minimum atomic E-state index is 0.651. The summed E-state index contributed by atoms with van der Waals surface area (Å²) in [6, 6.07) is 7.65. The molecule has 2 heteroatoms. The number of hydrogen-bond acceptors (Lipinski definition) is 2. The van der Waals surface area contributed by atoms with Gasteiger partial charge in [0.1, 0.15) is 0 Å². The summed E-state index contributed by atoms with van der Waals surface area (Å²) in [7, 11) is 2.15. The van der Waals surface area contributed by atoms with E-state index in [1.54, 1.807) is 5.56 Å². The lowest BCUT2D eigenvalue weighted by Crippen LogP contribution is -2.46. The van der Waals surface area contributed by atoms with E-state index in [0.29, 0.717) is 6.04 Å². The molecule has 0 radical (unpaired) electrons. The predicted octanol–water partition coefficient (Wildman–Crippen LogP) is 3.92. The van der Waals surface area contributed by atoms with Gasteiger partial charge in [-0.25, -0.2) is 0 Å². The summed E-state index contributed by atoms with van der Waals surface area (Å²) in [5, 5.41) is 3.62. The van der Waals surface area contributed by atoms with Gasteiger partial charge in [0.25, 0.3) is 0 Å². The fourth-order valence-corrected chi connectivity index (χ4v) is 4.24. The Morgan fingerprint density at radius 3 is 2.76 bits per heavy atom. The minimum Gasteiger partial charge on any atom is -0.370 e. The van der Waals surface area contributed by atoms with Gasteiger partial charge in [-0.05, 0) is 57.2 Å². The van der Waals surface area contributed by atoms with Crippen molar-refractivity contribution in [3.8, 4) is 0 Å². The molecule has 0 amide bonds. The molecular weight excluding hydrogens is 256 g/mol. The van der Waals surface area contributed by atoms with Crippen molar-refractivity contribution in [1.82, 2.24) is 5.32 Å². The van der Waals surface area contributed by atoms with E-state index in [1.807, 2.05) is 0 Å². The molecule has 1 aromatic rings. The zero-order valence-corrected chi connectivity index (χ0v) is 13.7. The van der Waals surface area contributed by atoms with E-state index in [9.17, 15) is 0 Å². The molecule has 1 fully saturated rings. The van der Waals surface area contributed by atoms with Crippen molar-refractivity contribution in [3.63, 3.8) is 0 Å². The summed E-state index contributed by atoms with van der Waals surface area (Å²) < 4.78 is 0. The number of nitrogens with one attached hydrogen (secondary N) is 1. The smallest absolute Gasteiger partial charge is 0.0399 e. The Bertz CT molecular complexity index is 463. The summed E-state index contributed by atoms with van der Waals surface area (Å²) in [5.41, 5.74) is 4.44. The van der Waals surface area contributed by atoms with Gasteiger partial charge in [0, 0.05) is 24.8 Å². The lowest BCUT2D eigenvalue weighted by molar-refractivity contribution is 0.278. The maximum atomic E-state index is 3.62. The zero-order valence-electron chi connectivity index (χ0n) is 13.7. The second-order valence-electron chi connectivity index (χ2n) is 6.97. The van der Waals surface area contributed by atoms with Crippen LogP contribution in [-0.4, -0.2) is 26.2 Å². The first-order valence-electron chi connectivity index (χ1n) is 8.79. The number of likely N-dealkylation sites (N-methyl/N-ethyl adjacent to an activating group) is 1. The van der Waals surface area contributed by atoms with Crippen molar-refractivity contribution in [1.29, 1.82) is 0 Å². The SMILES string of the molecule is CNC(CN1CCCc2cc(C)ccc21)C1CCCCC1. The second-order valence-corrected chi connectivity index (χ2v) is 6.97. The molecule has 1 atom stereocenters. The highest BCUT2D eigenvalue weighted by molar-refractivity contribution is 5.56. The predicted molar refractivity (Wildman–Crippen MR) is 91.1 cm³/mol. The van der Waals surface area contributed by atoms with E-state index in [-0.39, 0.29) is 0 Å². The molecular formula is C19H30N2. The summed E-state index contributed by atoms with van der Waals surface area (Å²) in [6.45, 7) is 4.61. The van der Waals surface area contributed by atoms with Crippen LogP contribution < -0.4 is 10.2 Å². The molecule has 0 saturated heterocycles. The van der Waals surface area contributed by atoms with Crippen LogP contribution in [0.2, 0.25) is 0 Å². The molecule has 1 aliphatic carbocycles. The van der Waals surface area contributed by atoms with Crippen LogP contribution >= 0.6 is 0 Å². The number of aryl methyl sites for hydroxylation is 2. The van der Waals surface area contributed by atoms with Gasteiger partial charge in [0.2, 0.25) is 0 Å². The Morgan fingerprint density at radius 1 is 1.19 bits per heavy atom. The van der Waals surface area contributed by atoms with Crippen LogP contribution in [-0.2, 0) is 6.42 Å². The van der Waals surface area contributed by atoms with Crippen molar-refractivity contribution in [3.05, 3.63) is 29.3 Å². The molecule has 0 aromatic heterocycles. The summed E-state index contributed by atoms with van der Waals surface area (Å²) in [5.74, 6) is 0.875. The average Bonchev–Trinajstić information content (AvgIpc) is 2.53. The summed E-state index contributed by atoms with van der Waals surface area (Å²) >= 11 is 0. The highest BCUT2D eigenvalue weighted by atomic mass is 15.2. The Labute approximate surface area is 129 Å². The number of hydrogen-bond donors (Lipinski definition) is 1. The lowest BCUT2D eigenvalue weighted by atomic mass is 9.83. The van der Waals surface area contributed by atoms with Crippen LogP contribution in [0.5, 0.6) is 0 Å². The quantitative estimate of drug-likeness (QED) is 0.902. The number of rotatable bonds is 4. The van der Waals surface area contributed by atoms with Gasteiger partial charge in [-0.15, -0.1) is 0 Å². The highest BCUT2D eigenvalue weighted by Gasteiger charge is 2.26. The molecule has 1 saturated carbocycles. The normalized spacial score (nSPS) is 21.1. The molecule has 0 bridgehead atoms. The molecule has 2 nitrogen and oxygen atoms in total. The van der Waals surface area contributed by atoms with Gasteiger partial charge < -0.3 is 10.2 Å². The molecule has 1 aliphatic heterocycles. The summed E-state index contributed by atoms with van der Waals surface area (Å²) in [4.78, 5) is 2.63. The van der Waals surface area contributed by atoms with E-state index < -0.39 is 0 Å². The largest absolute Gasteiger partial charge is 0.370 e. The topological polar surface area (TPSA) is 15.3 Å². The highest BCUT2D eigenvalue weighted by Crippen LogP contribution is 2.31. The fraction of sp³-hybridized carbons (Fsp3) is 0.684. The summed E-state index contributed by atoms with van der Waals surface area (Å²) in [6.07, 6.45) is 9.69. The molecule has 1 N–H and O–H groups in total. The van der Waals surface area contributed by atoms with Gasteiger partial charge in [-0.3, -0.25) is 0 Å². The molecule has 1 unspecified atom stereocenters. The second kappa shape index (κ2) is 6.83. The van der Waals surface area contributed by atoms with Crippen molar-refractivity contribution in [2.45, 2.75) is 57.9 Å². The van der Waals surface area contributed by atoms with Gasteiger partial charge in [0.15, 0.2) is 0 Å². The molecule has 3 rings (SSSR count). The molecule has 21 heavy (non-hydrogen) atoms. The third-order valence-corrected chi connectivity index (χ3v) is 5.46. The lowest BCUT2D eigenvalue weighted by Gasteiger charge is -2.38. The minimum absolute atomic E-state index is 0.651. The number of anilines is 1. The van der Waals surface area contributed by atoms with E-state index in [1.165, 1.54) is 69.3 Å². The molecule has 2 aliphatic rings. The van der Waals surface area contributed by atoms with Gasteiger partial charge in [0.05, 0.1) is 0 Å². The van der Waals surface area contributed by atoms with Crippen molar-refractivity contribution in [2.75, 3.05) is 25.0 Å². The van der Waals surface area contributed by atoms with Gasteiger partial charge in [-0.2, -0.15) is 0 Å². The standard InChI is InChI=1S/C19H30N2/c1-15-10-11-19-17(13-15)9-6-12-21(19)14-18(20-2)16-7-4-3-5-8-16/h10-11,13,16,18,20H,3-9,12,14H2,1-2H3. The number of fused-ring (bicyclic) bond motifs is 1. The van der Waals surface area contributed by atoms with Crippen LogP contribution in [0.15, 0.2) is 18.2 Å². The molecule has 1 heterocycles. The first-order valence-corrected chi connectivity index (χ1v) is 8.79. The van der Waals surface area contributed by atoms with Crippen molar-refractivity contribution >= 4 is 5.69 Å². The van der Waals surface area contributed by atoms with Crippen LogP contribution in [0.25, 0.3) is 0 Å². The first kappa shape index (κ1) is 14.9. The van der Waals surface area contributed by atoms with Crippen LogP contribution in [0, 0.1) is 12.8 Å². The first-order chi connectivity index (χ1) is 10.3. The van der Waals surface area contributed by atoms with Crippen LogP contribution in [0.3, 0.4) is 0 Å². The van der Waals surface area contributed by atoms with Crippen molar-refractivity contribution < 1.29 is 0 Å².